The SMILES string of the molecule is CC1CCc2nc(N)c(C#N)c(-c3ccccc3C(F)(F)F)c2C1. The molecule has 3 rings (SSSR count). The van der Waals surface area contributed by atoms with Gasteiger partial charge in [0.25, 0.3) is 0 Å². The third kappa shape index (κ3) is 2.71. The molecule has 24 heavy (non-hydrogen) atoms. The minimum Gasteiger partial charge on any atom is -0.383 e. The zero-order chi connectivity index (χ0) is 17.5. The van der Waals surface area contributed by atoms with E-state index in [0.29, 0.717) is 30.0 Å². The zero-order valence-electron chi connectivity index (χ0n) is 13.1. The second kappa shape index (κ2) is 5.82. The van der Waals surface area contributed by atoms with Gasteiger partial charge >= 0.3 is 6.18 Å². The summed E-state index contributed by atoms with van der Waals surface area (Å²) in [5, 5.41) is 9.47. The molecule has 3 nitrogen and oxygen atoms in total. The number of nitriles is 1. The molecule has 0 fully saturated rings. The Bertz CT molecular complexity index is 835. The van der Waals surface area contributed by atoms with Crippen LogP contribution in [0.1, 0.15) is 35.7 Å². The lowest BCUT2D eigenvalue weighted by Crippen LogP contribution is -2.18. The monoisotopic (exact) mass is 331 g/mol. The van der Waals surface area contributed by atoms with E-state index in [1.807, 2.05) is 13.0 Å². The van der Waals surface area contributed by atoms with E-state index in [1.54, 1.807) is 6.07 Å². The van der Waals surface area contributed by atoms with Gasteiger partial charge in [0.2, 0.25) is 0 Å². The highest BCUT2D eigenvalue weighted by Gasteiger charge is 2.35. The summed E-state index contributed by atoms with van der Waals surface area (Å²) >= 11 is 0. The number of benzene rings is 1. The molecular formula is C18H16F3N3. The Kier molecular flexibility index (Phi) is 3.96. The van der Waals surface area contributed by atoms with Crippen LogP contribution in [-0.4, -0.2) is 4.98 Å². The van der Waals surface area contributed by atoms with E-state index in [2.05, 4.69) is 4.98 Å². The van der Waals surface area contributed by atoms with Crippen molar-refractivity contribution in [2.75, 3.05) is 5.73 Å². The second-order valence-corrected chi connectivity index (χ2v) is 6.18. The predicted octanol–water partition coefficient (Wildman–Crippen LogP) is 4.35. The number of aromatic nitrogens is 1. The molecule has 124 valence electrons. The van der Waals surface area contributed by atoms with Gasteiger partial charge in [-0.15, -0.1) is 0 Å². The number of nitrogen functional groups attached to an aromatic ring is 1. The number of hydrogen-bond donors (Lipinski definition) is 1. The van der Waals surface area contributed by atoms with Gasteiger partial charge in [0.1, 0.15) is 17.5 Å². The van der Waals surface area contributed by atoms with Crippen molar-refractivity contribution in [1.29, 1.82) is 5.26 Å². The van der Waals surface area contributed by atoms with Crippen LogP contribution in [0.5, 0.6) is 0 Å². The van der Waals surface area contributed by atoms with E-state index in [-0.39, 0.29) is 16.9 Å². The van der Waals surface area contributed by atoms with Gasteiger partial charge in [-0.2, -0.15) is 18.4 Å². The number of halogens is 3. The molecule has 2 aromatic rings. The summed E-state index contributed by atoms with van der Waals surface area (Å²) in [4.78, 5) is 4.27. The Hall–Kier alpha value is -2.55. The average molecular weight is 331 g/mol. The molecule has 0 saturated heterocycles. The van der Waals surface area contributed by atoms with Gasteiger partial charge in [0.05, 0.1) is 5.56 Å². The fraction of sp³-hybridized carbons (Fsp3) is 0.333. The highest BCUT2D eigenvalue weighted by Crippen LogP contribution is 2.42. The number of aryl methyl sites for hydroxylation is 1. The van der Waals surface area contributed by atoms with Crippen molar-refractivity contribution in [3.63, 3.8) is 0 Å². The van der Waals surface area contributed by atoms with Crippen LogP contribution >= 0.6 is 0 Å². The Morgan fingerprint density at radius 1 is 1.29 bits per heavy atom. The van der Waals surface area contributed by atoms with Crippen molar-refractivity contribution in [1.82, 2.24) is 4.98 Å². The van der Waals surface area contributed by atoms with Crippen molar-refractivity contribution < 1.29 is 13.2 Å². The van der Waals surface area contributed by atoms with Crippen LogP contribution in [0.3, 0.4) is 0 Å². The maximum atomic E-state index is 13.4. The summed E-state index contributed by atoms with van der Waals surface area (Å²) < 4.78 is 40.3. The molecule has 1 unspecified atom stereocenters. The molecule has 1 aromatic carbocycles. The lowest BCUT2D eigenvalue weighted by Gasteiger charge is -2.26. The summed E-state index contributed by atoms with van der Waals surface area (Å²) in [6, 6.07) is 7.27. The van der Waals surface area contributed by atoms with E-state index in [0.717, 1.165) is 18.1 Å². The summed E-state index contributed by atoms with van der Waals surface area (Å²) in [5.41, 5.74) is 6.86. The molecule has 1 heterocycles. The summed E-state index contributed by atoms with van der Waals surface area (Å²) in [6.45, 7) is 2.05. The smallest absolute Gasteiger partial charge is 0.383 e. The molecule has 2 N–H and O–H groups in total. The van der Waals surface area contributed by atoms with Crippen LogP contribution in [0, 0.1) is 17.2 Å². The molecule has 0 saturated carbocycles. The van der Waals surface area contributed by atoms with Crippen LogP contribution < -0.4 is 5.73 Å². The largest absolute Gasteiger partial charge is 0.417 e. The molecule has 0 radical (unpaired) electrons. The molecule has 0 aliphatic heterocycles. The minimum absolute atomic E-state index is 0.000926. The van der Waals surface area contributed by atoms with Gasteiger partial charge < -0.3 is 5.73 Å². The molecule has 0 spiro atoms. The highest BCUT2D eigenvalue weighted by atomic mass is 19.4. The van der Waals surface area contributed by atoms with Crippen LogP contribution in [-0.2, 0) is 19.0 Å². The fourth-order valence-corrected chi connectivity index (χ4v) is 3.31. The number of nitrogens with two attached hydrogens (primary N) is 1. The lowest BCUT2D eigenvalue weighted by atomic mass is 9.81. The maximum Gasteiger partial charge on any atom is 0.417 e. The predicted molar refractivity (Wildman–Crippen MR) is 85.0 cm³/mol. The fourth-order valence-electron chi connectivity index (χ4n) is 3.31. The topological polar surface area (TPSA) is 62.7 Å². The summed E-state index contributed by atoms with van der Waals surface area (Å²) in [6.07, 6.45) is -2.34. The van der Waals surface area contributed by atoms with Gasteiger partial charge in [-0.3, -0.25) is 0 Å². The molecule has 6 heteroatoms. The van der Waals surface area contributed by atoms with Crippen molar-refractivity contribution >= 4 is 5.82 Å². The number of hydrogen-bond acceptors (Lipinski definition) is 3. The van der Waals surface area contributed by atoms with Gasteiger partial charge in [0.15, 0.2) is 0 Å². The third-order valence-corrected chi connectivity index (χ3v) is 4.45. The molecule has 0 bridgehead atoms. The zero-order valence-corrected chi connectivity index (χ0v) is 13.1. The van der Waals surface area contributed by atoms with Crippen molar-refractivity contribution in [2.24, 2.45) is 5.92 Å². The number of alkyl halides is 3. The first-order valence-electron chi connectivity index (χ1n) is 7.70. The molecule has 1 aliphatic carbocycles. The molecule has 1 atom stereocenters. The third-order valence-electron chi connectivity index (χ3n) is 4.45. The van der Waals surface area contributed by atoms with E-state index >= 15 is 0 Å². The second-order valence-electron chi connectivity index (χ2n) is 6.18. The van der Waals surface area contributed by atoms with E-state index < -0.39 is 11.7 Å². The molecule has 1 aromatic heterocycles. The quantitative estimate of drug-likeness (QED) is 0.845. The minimum atomic E-state index is -4.51. The van der Waals surface area contributed by atoms with Crippen molar-refractivity contribution in [2.45, 2.75) is 32.4 Å². The molecule has 1 aliphatic rings. The van der Waals surface area contributed by atoms with Crippen LogP contribution in [0.2, 0.25) is 0 Å². The van der Waals surface area contributed by atoms with Gasteiger partial charge in [-0.1, -0.05) is 25.1 Å². The Morgan fingerprint density at radius 3 is 2.67 bits per heavy atom. The Morgan fingerprint density at radius 2 is 2.00 bits per heavy atom. The lowest BCUT2D eigenvalue weighted by molar-refractivity contribution is -0.137. The summed E-state index contributed by atoms with van der Waals surface area (Å²) in [7, 11) is 0. The first-order valence-corrected chi connectivity index (χ1v) is 7.70. The normalized spacial score (nSPS) is 17.2. The van der Waals surface area contributed by atoms with Crippen LogP contribution in [0.25, 0.3) is 11.1 Å². The number of nitrogens with zero attached hydrogens (tertiary/aromatic N) is 2. The highest BCUT2D eigenvalue weighted by molar-refractivity contribution is 5.81. The summed E-state index contributed by atoms with van der Waals surface area (Å²) in [5.74, 6) is 0.323. The maximum absolute atomic E-state index is 13.4. The van der Waals surface area contributed by atoms with Gasteiger partial charge in [0, 0.05) is 11.3 Å². The number of pyridine rings is 1. The van der Waals surface area contributed by atoms with Crippen LogP contribution in [0.4, 0.5) is 19.0 Å². The Labute approximate surface area is 137 Å². The average Bonchev–Trinajstić information content (AvgIpc) is 2.53. The standard InChI is InChI=1S/C18H16F3N3/c1-10-6-7-15-12(8-10)16(13(9-22)17(23)24-15)11-4-2-3-5-14(11)18(19,20)21/h2-5,10H,6-8H2,1H3,(H2,23,24). The number of anilines is 1. The number of fused-ring (bicyclic) bond motifs is 1. The van der Waals surface area contributed by atoms with E-state index in [1.165, 1.54) is 12.1 Å². The first kappa shape index (κ1) is 16.3. The first-order chi connectivity index (χ1) is 11.3. The van der Waals surface area contributed by atoms with Gasteiger partial charge in [-0.05, 0) is 42.4 Å². The van der Waals surface area contributed by atoms with Crippen LogP contribution in [0.15, 0.2) is 24.3 Å². The van der Waals surface area contributed by atoms with Gasteiger partial charge in [-0.25, -0.2) is 4.98 Å². The van der Waals surface area contributed by atoms with Crippen molar-refractivity contribution in [3.8, 4) is 17.2 Å². The molecule has 0 amide bonds. The van der Waals surface area contributed by atoms with Crippen molar-refractivity contribution in [3.05, 3.63) is 46.6 Å². The molecular weight excluding hydrogens is 315 g/mol. The number of rotatable bonds is 1. The van der Waals surface area contributed by atoms with E-state index in [4.69, 9.17) is 5.73 Å². The van der Waals surface area contributed by atoms with E-state index in [9.17, 15) is 18.4 Å². The Balaban J connectivity index is 2.37.